The average Bonchev–Trinajstić information content (AvgIpc) is 4.27. The van der Waals surface area contributed by atoms with Crippen molar-refractivity contribution in [3.63, 3.8) is 0 Å². The molecule has 0 aliphatic rings. The highest BCUT2D eigenvalue weighted by atomic mass is 16.4. The Bertz CT molecular complexity index is 2610. The van der Waals surface area contributed by atoms with Gasteiger partial charge in [-0.2, -0.15) is 0 Å². The summed E-state index contributed by atoms with van der Waals surface area (Å²) in [6.07, 6.45) is 13.7. The van der Waals surface area contributed by atoms with Crippen molar-refractivity contribution >= 4 is 65.0 Å². The SMILES string of the molecule is CC(=O)NC(Cc1cnc[nH]1)C(=O)NCCCCC(NC(=O)C(Cc1cnc[nH]1)NC(C)=O)C(=O)NCCCCC(NC(=O)C(CCCCNC(=O)C(Cc1cnc[nH]1)NC(C)=O)NC(=O)C(Cc1cnc[nH]1)NC(C)=O)C(=O)O. The molecule has 15 N–H and O–H groups in total. The van der Waals surface area contributed by atoms with Crippen LogP contribution in [0, 0.1) is 0 Å². The summed E-state index contributed by atoms with van der Waals surface area (Å²) in [5.41, 5.74) is 2.31. The van der Waals surface area contributed by atoms with Crippen molar-refractivity contribution in [2.24, 2.45) is 0 Å². The van der Waals surface area contributed by atoms with E-state index in [1.807, 2.05) is 0 Å². The number of carboxylic acids is 1. The van der Waals surface area contributed by atoms with Crippen molar-refractivity contribution in [2.75, 3.05) is 19.6 Å². The highest BCUT2D eigenvalue weighted by Gasteiger charge is 2.31. The number of amides is 10. The number of carboxylic acid groups (broad SMARTS) is 1. The molecule has 0 bridgehead atoms. The maximum absolute atomic E-state index is 13.9. The van der Waals surface area contributed by atoms with Crippen molar-refractivity contribution in [3.05, 3.63) is 72.9 Å². The van der Waals surface area contributed by atoms with Crippen LogP contribution in [0.1, 0.15) is 108 Å². The fraction of sp³-hybridized carbons (Fsp3) is 0.540. The lowest BCUT2D eigenvalue weighted by Gasteiger charge is -2.24. The number of aliphatic carboxylic acids is 1. The minimum atomic E-state index is -1.44. The smallest absolute Gasteiger partial charge is 0.326 e. The van der Waals surface area contributed by atoms with Crippen LogP contribution < -0.4 is 53.2 Å². The molecule has 4 aromatic heterocycles. The summed E-state index contributed by atoms with van der Waals surface area (Å²) in [7, 11) is 0. The first-order valence-electron chi connectivity index (χ1n) is 26.2. The van der Waals surface area contributed by atoms with Crippen LogP contribution >= 0.6 is 0 Å². The van der Waals surface area contributed by atoms with Gasteiger partial charge in [-0.05, 0) is 57.8 Å². The molecule has 4 rings (SSSR count). The second-order valence-electron chi connectivity index (χ2n) is 19.0. The number of nitrogens with one attached hydrogen (secondary N) is 14. The zero-order valence-corrected chi connectivity index (χ0v) is 45.2. The van der Waals surface area contributed by atoms with Crippen LogP contribution in [0.2, 0.25) is 0 Å². The molecule has 0 radical (unpaired) electrons. The molecule has 0 saturated heterocycles. The molecule has 80 heavy (non-hydrogen) atoms. The summed E-state index contributed by atoms with van der Waals surface area (Å²) in [6.45, 7) is 5.36. The van der Waals surface area contributed by atoms with E-state index in [4.69, 9.17) is 0 Å². The number of rotatable bonds is 37. The third-order valence-corrected chi connectivity index (χ3v) is 12.2. The molecule has 0 aromatic carbocycles. The third-order valence-electron chi connectivity index (χ3n) is 12.2. The molecule has 30 heteroatoms. The summed E-state index contributed by atoms with van der Waals surface area (Å²) < 4.78 is 0. The molecule has 0 spiro atoms. The minimum Gasteiger partial charge on any atom is -0.480 e. The average molecular weight is 1120 g/mol. The van der Waals surface area contributed by atoms with E-state index in [0.29, 0.717) is 42.0 Å². The van der Waals surface area contributed by atoms with Crippen LogP contribution in [0.3, 0.4) is 0 Å². The lowest BCUT2D eigenvalue weighted by molar-refractivity contribution is -0.142. The Kier molecular flexibility index (Phi) is 27.0. The van der Waals surface area contributed by atoms with Gasteiger partial charge in [0.05, 0.1) is 25.3 Å². The fourth-order valence-corrected chi connectivity index (χ4v) is 8.32. The predicted molar refractivity (Wildman–Crippen MR) is 284 cm³/mol. The highest BCUT2D eigenvalue weighted by molar-refractivity contribution is 5.94. The van der Waals surface area contributed by atoms with E-state index in [0.717, 1.165) is 0 Å². The van der Waals surface area contributed by atoms with Crippen LogP contribution in [-0.4, -0.2) is 172 Å². The number of carbonyl (C=O) groups is 11. The molecule has 30 nitrogen and oxygen atoms in total. The number of imidazole rings is 4. The number of aromatic nitrogens is 8. The first kappa shape index (κ1) is 63.5. The number of H-pyrrole nitrogens is 4. The normalized spacial score (nSPS) is 13.6. The van der Waals surface area contributed by atoms with Crippen molar-refractivity contribution < 1.29 is 57.8 Å². The summed E-state index contributed by atoms with van der Waals surface area (Å²) in [5.74, 6) is -6.92. The van der Waals surface area contributed by atoms with Crippen LogP contribution in [0.5, 0.6) is 0 Å². The van der Waals surface area contributed by atoms with Crippen LogP contribution in [0.4, 0.5) is 0 Å². The Morgan fingerprint density at radius 1 is 0.362 bits per heavy atom. The summed E-state index contributed by atoms with van der Waals surface area (Å²) in [5, 5.41) is 36.8. The van der Waals surface area contributed by atoms with Gasteiger partial charge in [-0.15, -0.1) is 0 Å². The lowest BCUT2D eigenvalue weighted by atomic mass is 10.0. The third kappa shape index (κ3) is 24.1. The topological polar surface area (TPSA) is 443 Å². The van der Waals surface area contributed by atoms with Crippen LogP contribution in [0.15, 0.2) is 50.1 Å². The first-order chi connectivity index (χ1) is 38.3. The lowest BCUT2D eigenvalue weighted by Crippen LogP contribution is -2.56. The van der Waals surface area contributed by atoms with Gasteiger partial charge < -0.3 is 78.2 Å². The zero-order valence-electron chi connectivity index (χ0n) is 45.2. The van der Waals surface area contributed by atoms with Gasteiger partial charge in [0.1, 0.15) is 42.3 Å². The van der Waals surface area contributed by atoms with Gasteiger partial charge in [-0.3, -0.25) is 47.9 Å². The Hall–Kier alpha value is -8.99. The molecule has 7 atom stereocenters. The largest absolute Gasteiger partial charge is 0.480 e. The van der Waals surface area contributed by atoms with Crippen molar-refractivity contribution in [1.82, 2.24) is 93.0 Å². The highest BCUT2D eigenvalue weighted by Crippen LogP contribution is 2.10. The molecule has 0 aliphatic heterocycles. The predicted octanol–water partition coefficient (Wildman–Crippen LogP) is -2.73. The van der Waals surface area contributed by atoms with Gasteiger partial charge in [0.2, 0.25) is 59.1 Å². The second kappa shape index (κ2) is 34.0. The maximum atomic E-state index is 13.9. The Balaban J connectivity index is 1.37. The van der Waals surface area contributed by atoms with Gasteiger partial charge >= 0.3 is 5.97 Å². The number of aromatic amines is 4. The van der Waals surface area contributed by atoms with E-state index < -0.39 is 107 Å². The maximum Gasteiger partial charge on any atom is 0.326 e. The van der Waals surface area contributed by atoms with Crippen molar-refractivity contribution in [3.8, 4) is 0 Å². The molecule has 4 heterocycles. The molecular formula is C50H74N18O12. The Labute approximate surface area is 460 Å². The minimum absolute atomic E-state index is 0.0127. The first-order valence-corrected chi connectivity index (χ1v) is 26.2. The molecule has 0 fully saturated rings. The van der Waals surface area contributed by atoms with E-state index in [2.05, 4.69) is 93.0 Å². The van der Waals surface area contributed by atoms with Crippen molar-refractivity contribution in [1.29, 1.82) is 0 Å². The van der Waals surface area contributed by atoms with E-state index in [1.165, 1.54) is 77.8 Å². The number of hydrogen-bond acceptors (Lipinski definition) is 15. The Morgan fingerprint density at radius 3 is 0.887 bits per heavy atom. The van der Waals surface area contributed by atoms with Gasteiger partial charge in [0.15, 0.2) is 0 Å². The number of unbranched alkanes of at least 4 members (excludes halogenated alkanes) is 3. The molecule has 4 aromatic rings. The molecule has 7 unspecified atom stereocenters. The summed E-state index contributed by atoms with van der Waals surface area (Å²) in [4.78, 5) is 169. The number of carbonyl (C=O) groups excluding carboxylic acids is 10. The molecule has 0 saturated carbocycles. The molecule has 436 valence electrons. The van der Waals surface area contributed by atoms with Crippen LogP contribution in [-0.2, 0) is 78.4 Å². The van der Waals surface area contributed by atoms with Crippen LogP contribution in [0.25, 0.3) is 0 Å². The second-order valence-corrected chi connectivity index (χ2v) is 19.0. The summed E-state index contributed by atoms with van der Waals surface area (Å²) >= 11 is 0. The van der Waals surface area contributed by atoms with Gasteiger partial charge in [-0.25, -0.2) is 24.7 Å². The Morgan fingerprint density at radius 2 is 0.613 bits per heavy atom. The van der Waals surface area contributed by atoms with E-state index in [9.17, 15) is 57.8 Å². The fourth-order valence-electron chi connectivity index (χ4n) is 8.32. The monoisotopic (exact) mass is 1120 g/mol. The van der Waals surface area contributed by atoms with Gasteiger partial charge in [0, 0.05) is 121 Å². The van der Waals surface area contributed by atoms with Gasteiger partial charge in [0.25, 0.3) is 0 Å². The molecule has 0 aliphatic carbocycles. The summed E-state index contributed by atoms with van der Waals surface area (Å²) in [6, 6.07) is -7.88. The van der Waals surface area contributed by atoms with E-state index in [-0.39, 0.29) is 83.8 Å². The zero-order chi connectivity index (χ0) is 58.4. The standard InChI is InChI=1S/C50H74N18O12/c1-29(69)62-40(17-33-21-51-25-58-33)45(74)56-15-8-5-11-37(66-48(77)42(64-31(3)71)19-35-23-53-27-60-35)44(73)55-14-10-7-13-39(50(79)80)68-47(76)38(67-49(78)43(65-32(4)72)20-36-24-54-28-61-36)12-6-9-16-57-46(75)41(63-30(2)70)18-34-22-52-26-59-34/h21-28,37-43H,5-20H2,1-4H3,(H,51,58)(H,52,59)(H,53,60)(H,54,61)(H,55,73)(H,56,74)(H,57,75)(H,62,69)(H,63,70)(H,64,71)(H,65,72)(H,66,77)(H,67,78)(H,68,76)(H,79,80). The number of nitrogens with zero attached hydrogens (tertiary/aromatic N) is 4. The van der Waals surface area contributed by atoms with Crippen molar-refractivity contribution in [2.45, 2.75) is 153 Å². The van der Waals surface area contributed by atoms with E-state index in [1.54, 1.807) is 0 Å². The quantitative estimate of drug-likeness (QED) is 0.0204. The van der Waals surface area contributed by atoms with E-state index >= 15 is 0 Å². The van der Waals surface area contributed by atoms with Gasteiger partial charge in [-0.1, -0.05) is 0 Å². The number of hydrogen-bond donors (Lipinski definition) is 15. The molecular weight excluding hydrogens is 1040 g/mol. The molecule has 10 amide bonds.